The van der Waals surface area contributed by atoms with Crippen LogP contribution in [0.4, 0.5) is 0 Å². The third-order valence-corrected chi connectivity index (χ3v) is 2.93. The molecule has 0 aliphatic heterocycles. The highest BCUT2D eigenvalue weighted by atomic mass is 79.9. The first-order chi connectivity index (χ1) is 7.08. The fraction of sp³-hybridized carbons (Fsp3) is 0.455. The van der Waals surface area contributed by atoms with E-state index in [0.717, 1.165) is 18.4 Å². The number of nitrogens with two attached hydrogens (primary N) is 1. The molecule has 1 rings (SSSR count). The molecule has 0 spiro atoms. The molecule has 0 heterocycles. The van der Waals surface area contributed by atoms with Gasteiger partial charge in [0.1, 0.15) is 0 Å². The van der Waals surface area contributed by atoms with E-state index in [2.05, 4.69) is 22.9 Å². The Kier molecular flexibility index (Phi) is 6.79. The Balaban J connectivity index is 0.00000225. The van der Waals surface area contributed by atoms with Crippen molar-refractivity contribution in [2.45, 2.75) is 25.8 Å². The fourth-order valence-corrected chi connectivity index (χ4v) is 1.84. The average Bonchev–Trinajstić information content (AvgIpc) is 2.22. The smallest absolute Gasteiger partial charge is 0.172 e. The van der Waals surface area contributed by atoms with Crippen molar-refractivity contribution in [1.82, 2.24) is 0 Å². The lowest BCUT2D eigenvalue weighted by molar-refractivity contribution is 0.371. The third-order valence-electron chi connectivity index (χ3n) is 2.33. The van der Waals surface area contributed by atoms with E-state index in [1.807, 2.05) is 12.1 Å². The Hall–Kier alpha value is -0.450. The van der Waals surface area contributed by atoms with Gasteiger partial charge in [0, 0.05) is 6.04 Å². The number of benzene rings is 1. The normalized spacial score (nSPS) is 11.8. The first kappa shape index (κ1) is 15.6. The Morgan fingerprint density at radius 3 is 2.62 bits per heavy atom. The molecule has 3 nitrogen and oxygen atoms in total. The maximum absolute atomic E-state index is 9.61. The van der Waals surface area contributed by atoms with Gasteiger partial charge in [-0.15, -0.1) is 12.4 Å². The quantitative estimate of drug-likeness (QED) is 0.899. The highest BCUT2D eigenvalue weighted by Gasteiger charge is 2.10. The van der Waals surface area contributed by atoms with E-state index < -0.39 is 0 Å². The summed E-state index contributed by atoms with van der Waals surface area (Å²) in [6.07, 6.45) is 1.71. The molecule has 0 aliphatic carbocycles. The van der Waals surface area contributed by atoms with Gasteiger partial charge in [-0.05, 0) is 46.5 Å². The Morgan fingerprint density at radius 1 is 1.50 bits per heavy atom. The van der Waals surface area contributed by atoms with E-state index in [-0.39, 0.29) is 24.2 Å². The number of hydrogen-bond acceptors (Lipinski definition) is 3. The van der Waals surface area contributed by atoms with Crippen LogP contribution in [0.3, 0.4) is 0 Å². The Labute approximate surface area is 111 Å². The number of hydrogen-bond donors (Lipinski definition) is 2. The van der Waals surface area contributed by atoms with Gasteiger partial charge in [0.15, 0.2) is 11.5 Å². The summed E-state index contributed by atoms with van der Waals surface area (Å²) in [5, 5.41) is 9.61. The van der Waals surface area contributed by atoms with Crippen LogP contribution < -0.4 is 10.5 Å². The Morgan fingerprint density at radius 2 is 2.12 bits per heavy atom. The molecule has 5 heteroatoms. The molecule has 1 aromatic carbocycles. The van der Waals surface area contributed by atoms with Crippen LogP contribution in [0.1, 0.15) is 18.9 Å². The molecule has 1 unspecified atom stereocenters. The molecule has 1 aromatic rings. The molecule has 0 aliphatic rings. The number of halogens is 2. The predicted molar refractivity (Wildman–Crippen MR) is 71.6 cm³/mol. The molecular weight excluding hydrogens is 293 g/mol. The van der Waals surface area contributed by atoms with Gasteiger partial charge in [-0.2, -0.15) is 0 Å². The summed E-state index contributed by atoms with van der Waals surface area (Å²) < 4.78 is 5.70. The largest absolute Gasteiger partial charge is 0.503 e. The summed E-state index contributed by atoms with van der Waals surface area (Å²) in [6, 6.07) is 3.83. The van der Waals surface area contributed by atoms with E-state index in [0.29, 0.717) is 10.2 Å². The molecule has 0 aromatic heterocycles. The molecule has 0 radical (unpaired) electrons. The van der Waals surface area contributed by atoms with Crippen LogP contribution in [0.5, 0.6) is 11.5 Å². The monoisotopic (exact) mass is 309 g/mol. The number of aromatic hydroxyl groups is 1. The van der Waals surface area contributed by atoms with Crippen LogP contribution in [0.15, 0.2) is 16.6 Å². The standard InChI is InChI=1S/C11H16BrNO2.ClH/c1-3-8(13)4-7-5-9(12)11(14)10(6-7)15-2;/h5-6,8,14H,3-4,13H2,1-2H3;1H. The van der Waals surface area contributed by atoms with Crippen molar-refractivity contribution >= 4 is 28.3 Å². The minimum absolute atomic E-state index is 0. The van der Waals surface area contributed by atoms with Crippen LogP contribution in [-0.4, -0.2) is 18.3 Å². The highest BCUT2D eigenvalue weighted by Crippen LogP contribution is 2.35. The molecule has 0 fully saturated rings. The van der Waals surface area contributed by atoms with E-state index in [4.69, 9.17) is 10.5 Å². The van der Waals surface area contributed by atoms with E-state index >= 15 is 0 Å². The van der Waals surface area contributed by atoms with Crippen LogP contribution in [0.25, 0.3) is 0 Å². The van der Waals surface area contributed by atoms with E-state index in [9.17, 15) is 5.11 Å². The summed E-state index contributed by atoms with van der Waals surface area (Å²) in [5.41, 5.74) is 6.93. The SMILES string of the molecule is CCC(N)Cc1cc(Br)c(O)c(OC)c1.Cl. The molecule has 92 valence electrons. The number of rotatable bonds is 4. The van der Waals surface area contributed by atoms with Crippen molar-refractivity contribution < 1.29 is 9.84 Å². The highest BCUT2D eigenvalue weighted by molar-refractivity contribution is 9.10. The summed E-state index contributed by atoms with van der Waals surface area (Å²) in [7, 11) is 1.53. The average molecular weight is 311 g/mol. The van der Waals surface area contributed by atoms with Crippen molar-refractivity contribution in [3.63, 3.8) is 0 Å². The molecule has 0 amide bonds. The first-order valence-corrected chi connectivity index (χ1v) is 5.68. The zero-order chi connectivity index (χ0) is 11.4. The van der Waals surface area contributed by atoms with Gasteiger partial charge in [-0.3, -0.25) is 0 Å². The molecule has 0 saturated heterocycles. The third kappa shape index (κ3) is 3.85. The van der Waals surface area contributed by atoms with Gasteiger partial charge in [0.25, 0.3) is 0 Å². The topological polar surface area (TPSA) is 55.5 Å². The van der Waals surface area contributed by atoms with Crippen molar-refractivity contribution in [2.75, 3.05) is 7.11 Å². The number of methoxy groups -OCH3 is 1. The summed E-state index contributed by atoms with van der Waals surface area (Å²) in [4.78, 5) is 0. The van der Waals surface area contributed by atoms with Crippen LogP contribution in [0.2, 0.25) is 0 Å². The van der Waals surface area contributed by atoms with Crippen LogP contribution >= 0.6 is 28.3 Å². The lowest BCUT2D eigenvalue weighted by Crippen LogP contribution is -2.21. The van der Waals surface area contributed by atoms with Crippen LogP contribution in [-0.2, 0) is 6.42 Å². The van der Waals surface area contributed by atoms with Gasteiger partial charge < -0.3 is 15.6 Å². The summed E-state index contributed by atoms with van der Waals surface area (Å²) >= 11 is 3.28. The number of phenolic OH excluding ortho intramolecular Hbond substituents is 1. The number of phenols is 1. The van der Waals surface area contributed by atoms with E-state index in [1.165, 1.54) is 7.11 Å². The zero-order valence-corrected chi connectivity index (χ0v) is 11.8. The molecule has 0 saturated carbocycles. The summed E-state index contributed by atoms with van der Waals surface area (Å²) in [5.74, 6) is 0.606. The second-order valence-electron chi connectivity index (χ2n) is 3.50. The van der Waals surface area contributed by atoms with Crippen molar-refractivity contribution in [1.29, 1.82) is 0 Å². The van der Waals surface area contributed by atoms with E-state index in [1.54, 1.807) is 0 Å². The number of ether oxygens (including phenoxy) is 1. The fourth-order valence-electron chi connectivity index (χ4n) is 1.35. The van der Waals surface area contributed by atoms with Crippen LogP contribution in [0, 0.1) is 0 Å². The predicted octanol–water partition coefficient (Wildman–Crippen LogP) is 2.86. The Bertz CT molecular complexity index is 347. The maximum Gasteiger partial charge on any atom is 0.172 e. The minimum atomic E-state index is 0. The second kappa shape index (κ2) is 6.99. The molecule has 16 heavy (non-hydrogen) atoms. The minimum Gasteiger partial charge on any atom is -0.503 e. The first-order valence-electron chi connectivity index (χ1n) is 4.89. The molecular formula is C11H17BrClNO2. The van der Waals surface area contributed by atoms with Gasteiger partial charge >= 0.3 is 0 Å². The molecule has 0 bridgehead atoms. The van der Waals surface area contributed by atoms with Gasteiger partial charge in [0.2, 0.25) is 0 Å². The maximum atomic E-state index is 9.61. The van der Waals surface area contributed by atoms with Crippen molar-refractivity contribution in [3.05, 3.63) is 22.2 Å². The zero-order valence-electron chi connectivity index (χ0n) is 9.37. The molecule has 1 atom stereocenters. The second-order valence-corrected chi connectivity index (χ2v) is 4.36. The molecule has 3 N–H and O–H groups in total. The lowest BCUT2D eigenvalue weighted by Gasteiger charge is -2.12. The lowest BCUT2D eigenvalue weighted by atomic mass is 10.0. The van der Waals surface area contributed by atoms with Gasteiger partial charge in [-0.1, -0.05) is 6.92 Å². The van der Waals surface area contributed by atoms with Crippen molar-refractivity contribution in [2.24, 2.45) is 5.73 Å². The van der Waals surface area contributed by atoms with Gasteiger partial charge in [-0.25, -0.2) is 0 Å². The summed E-state index contributed by atoms with van der Waals surface area (Å²) in [6.45, 7) is 2.05. The van der Waals surface area contributed by atoms with Crippen molar-refractivity contribution in [3.8, 4) is 11.5 Å². The van der Waals surface area contributed by atoms with Gasteiger partial charge in [0.05, 0.1) is 11.6 Å².